The molecule has 1 aliphatic rings. The van der Waals surface area contributed by atoms with Gasteiger partial charge in [0.25, 0.3) is 0 Å². The molecule has 0 bridgehead atoms. The van der Waals surface area contributed by atoms with Gasteiger partial charge >= 0.3 is 0 Å². The summed E-state index contributed by atoms with van der Waals surface area (Å²) < 4.78 is 11.2. The zero-order chi connectivity index (χ0) is 12.8. The van der Waals surface area contributed by atoms with E-state index in [4.69, 9.17) is 0 Å². The van der Waals surface area contributed by atoms with Gasteiger partial charge < -0.3 is 10.2 Å². The topological polar surface area (TPSA) is 49.4 Å². The second-order valence-corrected chi connectivity index (χ2v) is 6.22. The maximum Gasteiger partial charge on any atom is 0.239 e. The fourth-order valence-electron chi connectivity index (χ4n) is 2.19. The van der Waals surface area contributed by atoms with E-state index < -0.39 is 10.8 Å². The van der Waals surface area contributed by atoms with Gasteiger partial charge in [-0.15, -0.1) is 0 Å². The highest BCUT2D eigenvalue weighted by atomic mass is 32.2. The van der Waals surface area contributed by atoms with Crippen LogP contribution in [0, 0.1) is 0 Å². The van der Waals surface area contributed by atoms with E-state index in [1.165, 1.54) is 0 Å². The molecule has 1 amide bonds. The molecular formula is C12H24N2O2S. The van der Waals surface area contributed by atoms with Crippen molar-refractivity contribution >= 4 is 16.7 Å². The van der Waals surface area contributed by atoms with E-state index in [0.717, 1.165) is 37.4 Å². The van der Waals surface area contributed by atoms with Crippen LogP contribution in [0.2, 0.25) is 0 Å². The van der Waals surface area contributed by atoms with Crippen LogP contribution in [0.25, 0.3) is 0 Å². The molecule has 0 radical (unpaired) electrons. The molecule has 1 rings (SSSR count). The standard InChI is InChI=1S/C12H24N2O2S/c1-4-14(5-2)12(15)10(3)13-11-6-8-17(16)9-7-11/h10-11,13H,4-9H2,1-3H3. The molecule has 0 aromatic heterocycles. The van der Waals surface area contributed by atoms with Gasteiger partial charge in [0, 0.05) is 41.4 Å². The average Bonchev–Trinajstić information content (AvgIpc) is 2.33. The first kappa shape index (κ1) is 14.6. The number of hydrogen-bond donors (Lipinski definition) is 1. The molecule has 17 heavy (non-hydrogen) atoms. The van der Waals surface area contributed by atoms with Crippen LogP contribution >= 0.6 is 0 Å². The minimum atomic E-state index is -0.634. The molecule has 1 saturated heterocycles. The van der Waals surface area contributed by atoms with Crippen molar-refractivity contribution in [3.05, 3.63) is 0 Å². The van der Waals surface area contributed by atoms with Crippen LogP contribution < -0.4 is 5.32 Å². The van der Waals surface area contributed by atoms with Crippen molar-refractivity contribution in [2.45, 2.75) is 45.7 Å². The third-order valence-electron chi connectivity index (χ3n) is 3.32. The van der Waals surface area contributed by atoms with E-state index >= 15 is 0 Å². The van der Waals surface area contributed by atoms with Gasteiger partial charge in [0.2, 0.25) is 5.91 Å². The van der Waals surface area contributed by atoms with Crippen molar-refractivity contribution in [3.63, 3.8) is 0 Å². The SMILES string of the molecule is CCN(CC)C(=O)C(C)NC1CCS(=O)CC1. The zero-order valence-electron chi connectivity index (χ0n) is 11.1. The van der Waals surface area contributed by atoms with Crippen LogP contribution in [-0.4, -0.2) is 51.7 Å². The van der Waals surface area contributed by atoms with E-state index in [1.54, 1.807) is 0 Å². The molecule has 1 heterocycles. The van der Waals surface area contributed by atoms with E-state index in [-0.39, 0.29) is 11.9 Å². The highest BCUT2D eigenvalue weighted by Crippen LogP contribution is 2.10. The Bertz CT molecular complexity index is 270. The maximum atomic E-state index is 12.0. The van der Waals surface area contributed by atoms with Crippen LogP contribution in [0.4, 0.5) is 0 Å². The second-order valence-electron chi connectivity index (χ2n) is 4.52. The molecule has 0 saturated carbocycles. The van der Waals surface area contributed by atoms with Gasteiger partial charge in [-0.2, -0.15) is 0 Å². The van der Waals surface area contributed by atoms with E-state index in [9.17, 15) is 9.00 Å². The molecule has 4 nitrogen and oxygen atoms in total. The minimum Gasteiger partial charge on any atom is -0.342 e. The predicted octanol–water partition coefficient (Wildman–Crippen LogP) is 0.744. The highest BCUT2D eigenvalue weighted by Gasteiger charge is 2.23. The Hall–Kier alpha value is -0.420. The summed E-state index contributed by atoms with van der Waals surface area (Å²) in [5, 5.41) is 3.36. The molecule has 1 fully saturated rings. The van der Waals surface area contributed by atoms with Crippen LogP contribution in [0.3, 0.4) is 0 Å². The largest absolute Gasteiger partial charge is 0.342 e. The van der Waals surface area contributed by atoms with E-state index in [0.29, 0.717) is 6.04 Å². The van der Waals surface area contributed by atoms with Gasteiger partial charge in [0.05, 0.1) is 6.04 Å². The van der Waals surface area contributed by atoms with Crippen molar-refractivity contribution in [3.8, 4) is 0 Å². The van der Waals surface area contributed by atoms with Gasteiger partial charge in [0.1, 0.15) is 0 Å². The summed E-state index contributed by atoms with van der Waals surface area (Å²) in [6, 6.07) is 0.216. The molecule has 1 aliphatic heterocycles. The van der Waals surface area contributed by atoms with E-state index in [2.05, 4.69) is 5.32 Å². The third kappa shape index (κ3) is 4.39. The van der Waals surface area contributed by atoms with Crippen molar-refractivity contribution in [1.82, 2.24) is 10.2 Å². The Balaban J connectivity index is 2.40. The molecule has 5 heteroatoms. The fraction of sp³-hybridized carbons (Fsp3) is 0.917. The fourth-order valence-corrected chi connectivity index (χ4v) is 3.49. The lowest BCUT2D eigenvalue weighted by Gasteiger charge is -2.29. The van der Waals surface area contributed by atoms with Gasteiger partial charge in [-0.1, -0.05) is 0 Å². The molecular weight excluding hydrogens is 236 g/mol. The number of nitrogens with zero attached hydrogens (tertiary/aromatic N) is 1. The summed E-state index contributed by atoms with van der Waals surface area (Å²) in [5.74, 6) is 1.70. The lowest BCUT2D eigenvalue weighted by Crippen LogP contribution is -2.49. The van der Waals surface area contributed by atoms with Crippen molar-refractivity contribution < 1.29 is 9.00 Å². The Kier molecular flexibility index (Phi) is 6.12. The number of carbonyl (C=O) groups excluding carboxylic acids is 1. The molecule has 0 spiro atoms. The number of hydrogen-bond acceptors (Lipinski definition) is 3. The maximum absolute atomic E-state index is 12.0. The number of nitrogens with one attached hydrogen (secondary N) is 1. The van der Waals surface area contributed by atoms with Gasteiger partial charge in [-0.05, 0) is 33.6 Å². The molecule has 0 aromatic rings. The average molecular weight is 260 g/mol. The Labute approximate surface area is 107 Å². The van der Waals surface area contributed by atoms with Gasteiger partial charge in [-0.25, -0.2) is 0 Å². The van der Waals surface area contributed by atoms with Crippen LogP contribution in [0.1, 0.15) is 33.6 Å². The van der Waals surface area contributed by atoms with E-state index in [1.807, 2.05) is 25.7 Å². The van der Waals surface area contributed by atoms with Crippen molar-refractivity contribution in [1.29, 1.82) is 0 Å². The summed E-state index contributed by atoms with van der Waals surface area (Å²) in [4.78, 5) is 13.9. The summed E-state index contributed by atoms with van der Waals surface area (Å²) in [7, 11) is -0.634. The first-order valence-electron chi connectivity index (χ1n) is 6.48. The normalized spacial score (nSPS) is 26.5. The lowest BCUT2D eigenvalue weighted by atomic mass is 10.1. The Morgan fingerprint density at radius 2 is 1.88 bits per heavy atom. The quantitative estimate of drug-likeness (QED) is 0.793. The Morgan fingerprint density at radius 1 is 1.35 bits per heavy atom. The first-order chi connectivity index (χ1) is 8.08. The third-order valence-corrected chi connectivity index (χ3v) is 4.70. The summed E-state index contributed by atoms with van der Waals surface area (Å²) in [6.07, 6.45) is 1.84. The monoisotopic (exact) mass is 260 g/mol. The van der Waals surface area contributed by atoms with Crippen molar-refractivity contribution in [2.75, 3.05) is 24.6 Å². The first-order valence-corrected chi connectivity index (χ1v) is 7.97. The smallest absolute Gasteiger partial charge is 0.239 e. The number of likely N-dealkylation sites (N-methyl/N-ethyl adjacent to an activating group) is 1. The van der Waals surface area contributed by atoms with Crippen molar-refractivity contribution in [2.24, 2.45) is 0 Å². The number of carbonyl (C=O) groups is 1. The highest BCUT2D eigenvalue weighted by molar-refractivity contribution is 7.85. The zero-order valence-corrected chi connectivity index (χ0v) is 11.9. The Morgan fingerprint density at radius 3 is 2.35 bits per heavy atom. The molecule has 1 atom stereocenters. The van der Waals surface area contributed by atoms with Gasteiger partial charge in [0.15, 0.2) is 0 Å². The number of amides is 1. The summed E-state index contributed by atoms with van der Waals surface area (Å²) in [6.45, 7) is 7.44. The van der Waals surface area contributed by atoms with Gasteiger partial charge in [-0.3, -0.25) is 9.00 Å². The molecule has 1 unspecified atom stereocenters. The number of rotatable bonds is 5. The molecule has 100 valence electrons. The molecule has 0 aliphatic carbocycles. The lowest BCUT2D eigenvalue weighted by molar-refractivity contribution is -0.132. The summed E-state index contributed by atoms with van der Waals surface area (Å²) in [5.41, 5.74) is 0. The van der Waals surface area contributed by atoms with Crippen LogP contribution in [-0.2, 0) is 15.6 Å². The minimum absolute atomic E-state index is 0.133. The molecule has 1 N–H and O–H groups in total. The van der Waals surface area contributed by atoms with Crippen LogP contribution in [0.15, 0.2) is 0 Å². The predicted molar refractivity (Wildman–Crippen MR) is 71.4 cm³/mol. The molecule has 0 aromatic carbocycles. The second kappa shape index (κ2) is 7.11. The summed E-state index contributed by atoms with van der Waals surface area (Å²) >= 11 is 0. The van der Waals surface area contributed by atoms with Crippen LogP contribution in [0.5, 0.6) is 0 Å².